The molecular weight excluding hydrogens is 786 g/mol. The van der Waals surface area contributed by atoms with Gasteiger partial charge in [-0.3, -0.25) is 39.2 Å². The standard InChI is InChI=1S/C42H47F3N8O5S/c1-3-27-20-32(53-40(59)52(39(57)41(53)14-5-15-41)31-9-8-28(23-46)33(22-31)42(43,44)45)10-12-35(27)58-19-18-50-16-17-51(26(2)24-50)25-37(55)48-30-7-4-6-29(21-30)47-34-11-13-36(54)49-38(34)56/h4,6-10,12,20-22,26,34,40,47,59H,3,5,11,13-19,24-25H2,1-2H3,(H,48,55)(H,49,54,56)/t26-,34?,40+/m1/s1. The summed E-state index contributed by atoms with van der Waals surface area (Å²) in [7, 11) is 0. The summed E-state index contributed by atoms with van der Waals surface area (Å²) >= 11 is 4.81. The Morgan fingerprint density at radius 1 is 1.05 bits per heavy atom. The number of halogens is 3. The fraction of sp³-hybridized carbons (Fsp3) is 0.452. The number of carbonyl (C=O) groups is 4. The highest BCUT2D eigenvalue weighted by Gasteiger charge is 2.60. The van der Waals surface area contributed by atoms with Gasteiger partial charge in [-0.1, -0.05) is 13.0 Å². The highest BCUT2D eigenvalue weighted by Crippen LogP contribution is 2.51. The summed E-state index contributed by atoms with van der Waals surface area (Å²) in [5, 5.41) is 17.7. The van der Waals surface area contributed by atoms with Crippen LogP contribution in [0.25, 0.3) is 0 Å². The molecule has 1 aliphatic carbocycles. The molecule has 59 heavy (non-hydrogen) atoms. The summed E-state index contributed by atoms with van der Waals surface area (Å²) in [6, 6.07) is 17.4. The van der Waals surface area contributed by atoms with E-state index in [-0.39, 0.29) is 48.3 Å². The van der Waals surface area contributed by atoms with Gasteiger partial charge < -0.3 is 20.3 Å². The zero-order chi connectivity index (χ0) is 42.1. The van der Waals surface area contributed by atoms with Gasteiger partial charge in [0.25, 0.3) is 5.91 Å². The number of anilines is 4. The minimum atomic E-state index is -4.77. The minimum Gasteiger partial charge on any atom is -0.492 e. The van der Waals surface area contributed by atoms with Crippen LogP contribution in [0.1, 0.15) is 62.6 Å². The van der Waals surface area contributed by atoms with Gasteiger partial charge >= 0.3 is 6.18 Å². The van der Waals surface area contributed by atoms with Crippen molar-refractivity contribution in [1.82, 2.24) is 15.1 Å². The van der Waals surface area contributed by atoms with Crippen LogP contribution in [0, 0.1) is 11.3 Å². The van der Waals surface area contributed by atoms with Gasteiger partial charge in [0.2, 0.25) is 17.7 Å². The number of ether oxygens (including phenoxy) is 1. The Morgan fingerprint density at radius 2 is 1.81 bits per heavy atom. The number of amides is 4. The molecule has 7 rings (SSSR count). The third-order valence-corrected chi connectivity index (χ3v) is 12.2. The van der Waals surface area contributed by atoms with E-state index in [1.807, 2.05) is 30.0 Å². The molecule has 312 valence electrons. The molecule has 4 amide bonds. The van der Waals surface area contributed by atoms with Crippen molar-refractivity contribution in [2.24, 2.45) is 0 Å². The number of piperidine rings is 1. The van der Waals surface area contributed by atoms with Gasteiger partial charge in [-0.05, 0) is 99.2 Å². The van der Waals surface area contributed by atoms with E-state index in [0.29, 0.717) is 62.5 Å². The molecule has 4 aliphatic rings. The van der Waals surface area contributed by atoms with Crippen LogP contribution in [-0.2, 0) is 31.8 Å². The molecule has 3 aromatic rings. The normalized spacial score (nSPS) is 22.2. The molecule has 17 heteroatoms. The first kappa shape index (κ1) is 41.8. The van der Waals surface area contributed by atoms with Gasteiger partial charge in [0, 0.05) is 61.4 Å². The molecule has 1 spiro atoms. The maximum atomic E-state index is 14.0. The lowest BCUT2D eigenvalue weighted by atomic mass is 9.75. The molecule has 1 unspecified atom stereocenters. The van der Waals surface area contributed by atoms with Crippen LogP contribution in [0.3, 0.4) is 0 Å². The molecule has 3 saturated heterocycles. The molecule has 0 aromatic heterocycles. The molecule has 1 saturated carbocycles. The minimum absolute atomic E-state index is 0.0352. The van der Waals surface area contributed by atoms with Crippen LogP contribution in [0.15, 0.2) is 60.7 Å². The van der Waals surface area contributed by atoms with Crippen LogP contribution >= 0.6 is 12.6 Å². The third kappa shape index (κ3) is 8.71. The summed E-state index contributed by atoms with van der Waals surface area (Å²) in [6.45, 7) is 7.60. The Bertz CT molecular complexity index is 2160. The number of hydrogen-bond acceptors (Lipinski definition) is 11. The van der Waals surface area contributed by atoms with Gasteiger partial charge in [-0.2, -0.15) is 18.4 Å². The van der Waals surface area contributed by atoms with Crippen molar-refractivity contribution < 1.29 is 37.1 Å². The number of hydrogen-bond donors (Lipinski definition) is 4. The van der Waals surface area contributed by atoms with E-state index in [1.54, 1.807) is 30.3 Å². The van der Waals surface area contributed by atoms with E-state index in [4.69, 9.17) is 17.4 Å². The van der Waals surface area contributed by atoms with Crippen molar-refractivity contribution in [1.29, 1.82) is 5.26 Å². The number of thiol groups is 1. The second-order valence-electron chi connectivity index (χ2n) is 15.5. The maximum Gasteiger partial charge on any atom is 0.417 e. The van der Waals surface area contributed by atoms with Crippen molar-refractivity contribution in [2.75, 3.05) is 59.8 Å². The van der Waals surface area contributed by atoms with Crippen LogP contribution in [0.2, 0.25) is 0 Å². The quantitative estimate of drug-likeness (QED) is 0.139. The topological polar surface area (TPSA) is 150 Å². The first-order chi connectivity index (χ1) is 28.2. The first-order valence-corrected chi connectivity index (χ1v) is 20.4. The number of nitrogens with one attached hydrogen (secondary N) is 3. The van der Waals surface area contributed by atoms with Crippen LogP contribution in [-0.4, -0.2) is 95.9 Å². The fourth-order valence-electron chi connectivity index (χ4n) is 8.41. The van der Waals surface area contributed by atoms with Gasteiger partial charge in [-0.15, -0.1) is 12.6 Å². The second-order valence-corrected chi connectivity index (χ2v) is 16.0. The molecule has 0 bridgehead atoms. The molecule has 4 fully saturated rings. The number of aryl methyl sites for hydroxylation is 1. The lowest BCUT2D eigenvalue weighted by molar-refractivity contribution is -0.138. The smallest absolute Gasteiger partial charge is 0.417 e. The predicted molar refractivity (Wildman–Crippen MR) is 219 cm³/mol. The number of nitrogens with zero attached hydrogens (tertiary/aromatic N) is 5. The SMILES string of the molecule is CCc1cc(N2[C@@H](S)N(c3ccc(C#N)c(C(F)(F)F)c3)C(=O)C23CCC3)ccc1OCCN1CCN(CC(=O)Nc2cccc(NC3CCC(=O)NC3=O)c2)[C@H](C)C1. The van der Waals surface area contributed by atoms with Crippen LogP contribution in [0.4, 0.5) is 35.9 Å². The Hall–Kier alpha value is -5.31. The van der Waals surface area contributed by atoms with Gasteiger partial charge in [0.1, 0.15) is 23.9 Å². The zero-order valence-corrected chi connectivity index (χ0v) is 33.7. The molecular formula is C42H47F3N8O5S. The van der Waals surface area contributed by atoms with E-state index >= 15 is 0 Å². The number of carbonyl (C=O) groups excluding carboxylic acids is 4. The van der Waals surface area contributed by atoms with Gasteiger partial charge in [0.15, 0.2) is 5.50 Å². The summed E-state index contributed by atoms with van der Waals surface area (Å²) in [4.78, 5) is 58.3. The number of alkyl halides is 3. The van der Waals surface area contributed by atoms with E-state index < -0.39 is 34.4 Å². The Kier molecular flexibility index (Phi) is 12.1. The van der Waals surface area contributed by atoms with Crippen molar-refractivity contribution in [3.63, 3.8) is 0 Å². The monoisotopic (exact) mass is 832 g/mol. The molecule has 0 radical (unpaired) electrons. The van der Waals surface area contributed by atoms with E-state index in [2.05, 4.69) is 32.7 Å². The zero-order valence-electron chi connectivity index (χ0n) is 32.8. The van der Waals surface area contributed by atoms with E-state index in [1.165, 1.54) is 11.0 Å². The van der Waals surface area contributed by atoms with Gasteiger partial charge in [0.05, 0.1) is 23.7 Å². The van der Waals surface area contributed by atoms with Crippen molar-refractivity contribution >= 4 is 59.0 Å². The van der Waals surface area contributed by atoms with Crippen LogP contribution in [0.5, 0.6) is 5.75 Å². The summed E-state index contributed by atoms with van der Waals surface area (Å²) in [5.74, 6) is -0.405. The van der Waals surface area contributed by atoms with Crippen LogP contribution < -0.4 is 30.5 Å². The first-order valence-electron chi connectivity index (χ1n) is 19.9. The third-order valence-electron chi connectivity index (χ3n) is 11.7. The Balaban J connectivity index is 0.924. The molecule has 3 aliphatic heterocycles. The van der Waals surface area contributed by atoms with Crippen molar-refractivity contribution in [3.05, 3.63) is 77.4 Å². The average Bonchev–Trinajstić information content (AvgIpc) is 3.42. The lowest BCUT2D eigenvalue weighted by Gasteiger charge is -2.44. The molecule has 13 nitrogen and oxygen atoms in total. The number of piperazine rings is 1. The number of nitriles is 1. The highest BCUT2D eigenvalue weighted by molar-refractivity contribution is 7.81. The lowest BCUT2D eigenvalue weighted by Crippen LogP contribution is -2.55. The van der Waals surface area contributed by atoms with Gasteiger partial charge in [-0.25, -0.2) is 0 Å². The molecule has 3 N–H and O–H groups in total. The van der Waals surface area contributed by atoms with Crippen molar-refractivity contribution in [3.8, 4) is 11.8 Å². The number of imide groups is 1. The summed E-state index contributed by atoms with van der Waals surface area (Å²) in [5.41, 5.74) is -0.471. The fourth-order valence-corrected chi connectivity index (χ4v) is 9.00. The van der Waals surface area contributed by atoms with E-state index in [9.17, 15) is 37.6 Å². The highest BCUT2D eigenvalue weighted by atomic mass is 32.1. The molecule has 3 atom stereocenters. The summed E-state index contributed by atoms with van der Waals surface area (Å²) < 4.78 is 47.9. The number of benzene rings is 3. The maximum absolute atomic E-state index is 14.0. The average molecular weight is 833 g/mol. The van der Waals surface area contributed by atoms with Crippen molar-refractivity contribution in [2.45, 2.75) is 81.7 Å². The molecule has 3 heterocycles. The second kappa shape index (κ2) is 17.1. The Labute approximate surface area is 346 Å². The molecule has 3 aromatic carbocycles. The predicted octanol–water partition coefficient (Wildman–Crippen LogP) is 5.37. The number of rotatable bonds is 12. The summed E-state index contributed by atoms with van der Waals surface area (Å²) in [6.07, 6.45) is -1.59. The van der Waals surface area contributed by atoms with E-state index in [0.717, 1.165) is 42.9 Å². The largest absolute Gasteiger partial charge is 0.492 e. The Morgan fingerprint density at radius 3 is 2.49 bits per heavy atom.